The molecule has 1 aliphatic rings. The van der Waals surface area contributed by atoms with E-state index in [0.717, 1.165) is 13.1 Å². The van der Waals surface area contributed by atoms with Crippen molar-refractivity contribution < 1.29 is 4.74 Å². The Bertz CT molecular complexity index is 438. The molecule has 0 aliphatic carbocycles. The summed E-state index contributed by atoms with van der Waals surface area (Å²) in [6.45, 7) is 3.31. The summed E-state index contributed by atoms with van der Waals surface area (Å²) in [5, 5.41) is 6.40. The molecule has 0 radical (unpaired) electrons. The molecule has 1 aromatic rings. The van der Waals surface area contributed by atoms with E-state index in [1.807, 2.05) is 0 Å². The average Bonchev–Trinajstić information content (AvgIpc) is 2.74. The van der Waals surface area contributed by atoms with Crippen molar-refractivity contribution in [1.82, 2.24) is 15.3 Å². The minimum atomic E-state index is 0. The molecular formula is C9H13Cl2N5O. The van der Waals surface area contributed by atoms with Crippen LogP contribution in [0.25, 0.3) is 0 Å². The molecule has 94 valence electrons. The van der Waals surface area contributed by atoms with Crippen LogP contribution in [0.2, 0.25) is 5.15 Å². The molecule has 6 nitrogen and oxygen atoms in total. The average molecular weight is 278 g/mol. The van der Waals surface area contributed by atoms with Crippen LogP contribution >= 0.6 is 24.0 Å². The van der Waals surface area contributed by atoms with Gasteiger partial charge in [-0.05, 0) is 6.92 Å². The monoisotopic (exact) mass is 277 g/mol. The van der Waals surface area contributed by atoms with Crippen LogP contribution in [0, 0.1) is 6.92 Å². The maximum atomic E-state index is 6.02. The molecule has 1 aromatic heterocycles. The molecule has 0 saturated heterocycles. The van der Waals surface area contributed by atoms with Crippen LogP contribution in [-0.4, -0.2) is 36.1 Å². The van der Waals surface area contributed by atoms with Crippen LogP contribution < -0.4 is 15.4 Å². The SMILES string of the molecule is COc1nc(C)nc(Cl)c1NC1=NCCN1.Cl. The summed E-state index contributed by atoms with van der Waals surface area (Å²) in [6.07, 6.45) is 0. The molecule has 0 amide bonds. The number of methoxy groups -OCH3 is 1. The maximum absolute atomic E-state index is 6.02. The van der Waals surface area contributed by atoms with E-state index in [2.05, 4.69) is 25.6 Å². The molecule has 17 heavy (non-hydrogen) atoms. The van der Waals surface area contributed by atoms with Crippen molar-refractivity contribution in [3.8, 4) is 5.88 Å². The number of guanidine groups is 1. The van der Waals surface area contributed by atoms with E-state index in [1.165, 1.54) is 7.11 Å². The van der Waals surface area contributed by atoms with Crippen LogP contribution in [0.1, 0.15) is 5.82 Å². The van der Waals surface area contributed by atoms with Crippen molar-refractivity contribution in [3.63, 3.8) is 0 Å². The number of nitrogens with one attached hydrogen (secondary N) is 2. The molecule has 0 fully saturated rings. The van der Waals surface area contributed by atoms with Crippen LogP contribution in [0.3, 0.4) is 0 Å². The van der Waals surface area contributed by atoms with Crippen molar-refractivity contribution in [1.29, 1.82) is 0 Å². The van der Waals surface area contributed by atoms with Gasteiger partial charge in [0.05, 0.1) is 13.7 Å². The van der Waals surface area contributed by atoms with E-state index in [1.54, 1.807) is 6.92 Å². The quantitative estimate of drug-likeness (QED) is 0.796. The standard InChI is InChI=1S/C9H12ClN5O.ClH/c1-5-13-7(10)6(8(14-5)16-2)15-9-11-3-4-12-9;/h3-4H2,1-2H3,(H2,11,12,15);1H. The summed E-state index contributed by atoms with van der Waals surface area (Å²) < 4.78 is 5.14. The summed E-state index contributed by atoms with van der Waals surface area (Å²) in [5.74, 6) is 1.63. The molecule has 2 rings (SSSR count). The smallest absolute Gasteiger partial charge is 0.242 e. The fraction of sp³-hybridized carbons (Fsp3) is 0.444. The third kappa shape index (κ3) is 3.10. The van der Waals surface area contributed by atoms with Crippen LogP contribution in [-0.2, 0) is 0 Å². The van der Waals surface area contributed by atoms with Gasteiger partial charge in [0.15, 0.2) is 11.1 Å². The van der Waals surface area contributed by atoms with E-state index in [0.29, 0.717) is 28.5 Å². The van der Waals surface area contributed by atoms with Crippen LogP contribution in [0.5, 0.6) is 5.88 Å². The molecule has 0 saturated carbocycles. The predicted molar refractivity (Wildman–Crippen MR) is 69.5 cm³/mol. The van der Waals surface area contributed by atoms with Crippen molar-refractivity contribution in [2.75, 3.05) is 25.5 Å². The summed E-state index contributed by atoms with van der Waals surface area (Å²) in [7, 11) is 1.53. The van der Waals surface area contributed by atoms with Gasteiger partial charge in [-0.1, -0.05) is 11.6 Å². The van der Waals surface area contributed by atoms with Gasteiger partial charge >= 0.3 is 0 Å². The minimum absolute atomic E-state index is 0. The number of aromatic nitrogens is 2. The summed E-state index contributed by atoms with van der Waals surface area (Å²) in [5.41, 5.74) is 0.530. The Labute approximate surface area is 110 Å². The number of ether oxygens (including phenoxy) is 1. The van der Waals surface area contributed by atoms with Gasteiger partial charge in [-0.3, -0.25) is 4.99 Å². The van der Waals surface area contributed by atoms with E-state index in [-0.39, 0.29) is 12.4 Å². The number of hydrogen-bond donors (Lipinski definition) is 2. The molecule has 0 unspecified atom stereocenters. The number of aryl methyl sites for hydroxylation is 1. The molecular weight excluding hydrogens is 265 g/mol. The predicted octanol–water partition coefficient (Wildman–Crippen LogP) is 1.24. The lowest BCUT2D eigenvalue weighted by Gasteiger charge is -2.11. The van der Waals surface area contributed by atoms with Crippen molar-refractivity contribution in [2.45, 2.75) is 6.92 Å². The van der Waals surface area contributed by atoms with Crippen molar-refractivity contribution in [3.05, 3.63) is 11.0 Å². The first kappa shape index (κ1) is 13.8. The lowest BCUT2D eigenvalue weighted by molar-refractivity contribution is 0.398. The molecule has 0 bridgehead atoms. The zero-order chi connectivity index (χ0) is 11.5. The fourth-order valence-corrected chi connectivity index (χ4v) is 1.62. The van der Waals surface area contributed by atoms with Gasteiger partial charge in [0, 0.05) is 6.54 Å². The molecule has 8 heteroatoms. The zero-order valence-corrected chi connectivity index (χ0v) is 11.0. The first-order valence-corrected chi connectivity index (χ1v) is 5.22. The second-order valence-electron chi connectivity index (χ2n) is 3.23. The highest BCUT2D eigenvalue weighted by Crippen LogP contribution is 2.28. The Balaban J connectivity index is 0.00000144. The van der Waals surface area contributed by atoms with E-state index >= 15 is 0 Å². The first-order valence-electron chi connectivity index (χ1n) is 4.84. The Morgan fingerprint density at radius 1 is 1.41 bits per heavy atom. The normalized spacial score (nSPS) is 13.5. The molecule has 0 aromatic carbocycles. The Morgan fingerprint density at radius 3 is 2.76 bits per heavy atom. The molecule has 0 spiro atoms. The number of aliphatic imine (C=N–C) groups is 1. The fourth-order valence-electron chi connectivity index (χ4n) is 1.37. The van der Waals surface area contributed by atoms with Crippen molar-refractivity contribution >= 4 is 35.7 Å². The zero-order valence-electron chi connectivity index (χ0n) is 9.45. The Hall–Kier alpha value is -1.27. The summed E-state index contributed by atoms with van der Waals surface area (Å²) in [6, 6.07) is 0. The molecule has 2 heterocycles. The summed E-state index contributed by atoms with van der Waals surface area (Å²) in [4.78, 5) is 12.4. The van der Waals surface area contributed by atoms with Crippen LogP contribution in [0.4, 0.5) is 5.69 Å². The summed E-state index contributed by atoms with van der Waals surface area (Å²) >= 11 is 6.02. The number of anilines is 1. The topological polar surface area (TPSA) is 71.4 Å². The van der Waals surface area contributed by atoms with E-state index in [4.69, 9.17) is 16.3 Å². The van der Waals surface area contributed by atoms with Gasteiger partial charge in [0.2, 0.25) is 5.88 Å². The van der Waals surface area contributed by atoms with E-state index in [9.17, 15) is 0 Å². The van der Waals surface area contributed by atoms with Gasteiger partial charge in [-0.25, -0.2) is 4.98 Å². The number of rotatable bonds is 2. The third-order valence-corrected chi connectivity index (χ3v) is 2.33. The first-order chi connectivity index (χ1) is 7.70. The minimum Gasteiger partial charge on any atom is -0.479 e. The Morgan fingerprint density at radius 2 is 2.18 bits per heavy atom. The van der Waals surface area contributed by atoms with Crippen LogP contribution in [0.15, 0.2) is 4.99 Å². The van der Waals surface area contributed by atoms with Gasteiger partial charge in [-0.2, -0.15) is 4.98 Å². The van der Waals surface area contributed by atoms with Gasteiger partial charge in [0.1, 0.15) is 11.5 Å². The third-order valence-electron chi connectivity index (χ3n) is 2.05. The Kier molecular flexibility index (Phi) is 4.77. The molecule has 0 atom stereocenters. The highest BCUT2D eigenvalue weighted by Gasteiger charge is 2.15. The second-order valence-corrected chi connectivity index (χ2v) is 3.59. The second kappa shape index (κ2) is 5.88. The molecule has 2 N–H and O–H groups in total. The maximum Gasteiger partial charge on any atom is 0.242 e. The lowest BCUT2D eigenvalue weighted by Crippen LogP contribution is -2.26. The lowest BCUT2D eigenvalue weighted by atomic mass is 10.4. The molecule has 1 aliphatic heterocycles. The van der Waals surface area contributed by atoms with Gasteiger partial charge in [0.25, 0.3) is 0 Å². The number of hydrogen-bond acceptors (Lipinski definition) is 6. The van der Waals surface area contributed by atoms with Gasteiger partial charge < -0.3 is 15.4 Å². The number of halogens is 2. The van der Waals surface area contributed by atoms with Crippen molar-refractivity contribution in [2.24, 2.45) is 4.99 Å². The number of nitrogens with zero attached hydrogens (tertiary/aromatic N) is 3. The van der Waals surface area contributed by atoms with Gasteiger partial charge in [-0.15, -0.1) is 12.4 Å². The highest BCUT2D eigenvalue weighted by molar-refractivity contribution is 6.32. The van der Waals surface area contributed by atoms with E-state index < -0.39 is 0 Å². The largest absolute Gasteiger partial charge is 0.479 e. The highest BCUT2D eigenvalue weighted by atomic mass is 35.5.